The van der Waals surface area contributed by atoms with Crippen molar-refractivity contribution in [2.24, 2.45) is 0 Å². The molecule has 0 aromatic heterocycles. The molecule has 3 rings (SSSR count). The molecule has 0 amide bonds. The molecule has 2 N–H and O–H groups in total. The van der Waals surface area contributed by atoms with Crippen LogP contribution in [0.3, 0.4) is 0 Å². The summed E-state index contributed by atoms with van der Waals surface area (Å²) in [5, 5.41) is 18.2. The van der Waals surface area contributed by atoms with Crippen LogP contribution >= 0.6 is 0 Å². The predicted octanol–water partition coefficient (Wildman–Crippen LogP) is 1.21. The minimum Gasteiger partial charge on any atom is -0.399 e. The third-order valence-electron chi connectivity index (χ3n) is 5.40. The molecule has 24 heavy (non-hydrogen) atoms. The molecule has 1 aliphatic heterocycles. The van der Waals surface area contributed by atoms with Crippen molar-refractivity contribution < 1.29 is 24.3 Å². The maximum Gasteiger partial charge on any atom is 0.494 e. The molecule has 0 radical (unpaired) electrons. The number of ether oxygens (including phenoxy) is 1. The van der Waals surface area contributed by atoms with Crippen molar-refractivity contribution in [1.82, 2.24) is 0 Å². The zero-order valence-corrected chi connectivity index (χ0v) is 14.9. The number of aliphatic hydroxyl groups is 2. The average molecular weight is 334 g/mol. The normalized spacial score (nSPS) is 27.7. The molecule has 1 aromatic rings. The maximum atomic E-state index is 9.09. The van der Waals surface area contributed by atoms with E-state index in [1.54, 1.807) is 0 Å². The minimum atomic E-state index is -0.482. The van der Waals surface area contributed by atoms with E-state index < -0.39 is 6.10 Å². The molecular weight excluding hydrogens is 307 g/mol. The Bertz CT molecular complexity index is 551. The van der Waals surface area contributed by atoms with Crippen molar-refractivity contribution >= 4 is 12.6 Å². The van der Waals surface area contributed by atoms with Crippen LogP contribution in [0.15, 0.2) is 24.3 Å². The SMILES string of the molecule is CC1(C)OB(c2ccc([C@@H]3C[C@H]3OC(CO)CO)cc2)OC1(C)C. The van der Waals surface area contributed by atoms with Crippen LogP contribution in [0.5, 0.6) is 0 Å². The molecule has 0 spiro atoms. The Labute approximate surface area is 144 Å². The van der Waals surface area contributed by atoms with Crippen LogP contribution in [0.2, 0.25) is 0 Å². The highest BCUT2D eigenvalue weighted by atomic mass is 16.7. The number of rotatable bonds is 6. The molecule has 0 unspecified atom stereocenters. The van der Waals surface area contributed by atoms with Crippen molar-refractivity contribution in [3.63, 3.8) is 0 Å². The fraction of sp³-hybridized carbons (Fsp3) is 0.667. The van der Waals surface area contributed by atoms with Crippen LogP contribution in [-0.2, 0) is 14.0 Å². The molecule has 132 valence electrons. The van der Waals surface area contributed by atoms with Gasteiger partial charge in [0.05, 0.1) is 30.5 Å². The Balaban J connectivity index is 1.62. The van der Waals surface area contributed by atoms with E-state index in [1.807, 2.05) is 39.8 Å². The third-order valence-corrected chi connectivity index (χ3v) is 5.40. The zero-order chi connectivity index (χ0) is 17.5. The summed E-state index contributed by atoms with van der Waals surface area (Å²) >= 11 is 0. The first-order chi connectivity index (χ1) is 11.3. The number of hydrogen-bond donors (Lipinski definition) is 2. The summed E-state index contributed by atoms with van der Waals surface area (Å²) in [6, 6.07) is 8.26. The van der Waals surface area contributed by atoms with Gasteiger partial charge < -0.3 is 24.3 Å². The Morgan fingerprint density at radius 2 is 1.62 bits per heavy atom. The lowest BCUT2D eigenvalue weighted by molar-refractivity contribution is -0.0305. The van der Waals surface area contributed by atoms with Crippen molar-refractivity contribution in [1.29, 1.82) is 0 Å². The van der Waals surface area contributed by atoms with Crippen LogP contribution in [0.25, 0.3) is 0 Å². The zero-order valence-electron chi connectivity index (χ0n) is 14.9. The van der Waals surface area contributed by atoms with Gasteiger partial charge in [-0.05, 0) is 45.1 Å². The van der Waals surface area contributed by atoms with Crippen LogP contribution in [0.4, 0.5) is 0 Å². The maximum absolute atomic E-state index is 9.09. The molecule has 1 heterocycles. The van der Waals surface area contributed by atoms with E-state index in [-0.39, 0.29) is 37.6 Å². The molecule has 2 aliphatic rings. The lowest BCUT2D eigenvalue weighted by Gasteiger charge is -2.32. The van der Waals surface area contributed by atoms with Gasteiger partial charge >= 0.3 is 7.12 Å². The quantitative estimate of drug-likeness (QED) is 0.766. The van der Waals surface area contributed by atoms with Gasteiger partial charge in [0.2, 0.25) is 0 Å². The Hall–Kier alpha value is -0.915. The van der Waals surface area contributed by atoms with Gasteiger partial charge in [0, 0.05) is 5.92 Å². The second-order valence-corrected chi connectivity index (χ2v) is 7.76. The molecule has 2 atom stereocenters. The van der Waals surface area contributed by atoms with Gasteiger partial charge in [-0.1, -0.05) is 24.3 Å². The molecule has 0 bridgehead atoms. The minimum absolute atomic E-state index is 0.0806. The van der Waals surface area contributed by atoms with Gasteiger partial charge in [-0.15, -0.1) is 0 Å². The van der Waals surface area contributed by atoms with E-state index in [9.17, 15) is 0 Å². The lowest BCUT2D eigenvalue weighted by Crippen LogP contribution is -2.41. The molecule has 5 nitrogen and oxygen atoms in total. The number of aliphatic hydroxyl groups excluding tert-OH is 2. The van der Waals surface area contributed by atoms with Crippen LogP contribution in [0, 0.1) is 0 Å². The lowest BCUT2D eigenvalue weighted by atomic mass is 9.78. The topological polar surface area (TPSA) is 68.2 Å². The monoisotopic (exact) mass is 334 g/mol. The molecule has 6 heteroatoms. The third kappa shape index (κ3) is 3.39. The summed E-state index contributed by atoms with van der Waals surface area (Å²) in [5.41, 5.74) is 1.54. The molecular formula is C18H27BO5. The largest absolute Gasteiger partial charge is 0.494 e. The van der Waals surface area contributed by atoms with Gasteiger partial charge in [0.15, 0.2) is 0 Å². The van der Waals surface area contributed by atoms with Gasteiger partial charge in [0.25, 0.3) is 0 Å². The highest BCUT2D eigenvalue weighted by Gasteiger charge is 2.51. The van der Waals surface area contributed by atoms with Gasteiger partial charge in [-0.25, -0.2) is 0 Å². The van der Waals surface area contributed by atoms with E-state index >= 15 is 0 Å². The van der Waals surface area contributed by atoms with E-state index in [0.29, 0.717) is 5.92 Å². The van der Waals surface area contributed by atoms with Gasteiger partial charge in [0.1, 0.15) is 6.10 Å². The van der Waals surface area contributed by atoms with E-state index in [1.165, 1.54) is 5.56 Å². The van der Waals surface area contributed by atoms with Crippen LogP contribution < -0.4 is 5.46 Å². The van der Waals surface area contributed by atoms with E-state index in [0.717, 1.165) is 11.9 Å². The van der Waals surface area contributed by atoms with Gasteiger partial charge in [-0.3, -0.25) is 0 Å². The Morgan fingerprint density at radius 1 is 1.08 bits per heavy atom. The number of hydrogen-bond acceptors (Lipinski definition) is 5. The molecule has 1 saturated carbocycles. The van der Waals surface area contributed by atoms with Crippen LogP contribution in [0.1, 0.15) is 45.6 Å². The second kappa shape index (κ2) is 6.43. The van der Waals surface area contributed by atoms with Crippen LogP contribution in [-0.4, -0.2) is 54.0 Å². The summed E-state index contributed by atoms with van der Waals surface area (Å²) in [6.07, 6.45) is 0.521. The predicted molar refractivity (Wildman–Crippen MR) is 92.3 cm³/mol. The van der Waals surface area contributed by atoms with Crippen molar-refractivity contribution in [3.05, 3.63) is 29.8 Å². The molecule has 1 aromatic carbocycles. The Kier molecular flexibility index (Phi) is 4.79. The van der Waals surface area contributed by atoms with E-state index in [4.69, 9.17) is 24.3 Å². The Morgan fingerprint density at radius 3 is 2.12 bits per heavy atom. The van der Waals surface area contributed by atoms with Crippen molar-refractivity contribution in [3.8, 4) is 0 Å². The summed E-state index contributed by atoms with van der Waals surface area (Å²) < 4.78 is 17.8. The molecule has 1 aliphatic carbocycles. The molecule has 2 fully saturated rings. The highest BCUT2D eigenvalue weighted by molar-refractivity contribution is 6.62. The van der Waals surface area contributed by atoms with Gasteiger partial charge in [-0.2, -0.15) is 0 Å². The van der Waals surface area contributed by atoms with E-state index in [2.05, 4.69) is 12.1 Å². The fourth-order valence-corrected chi connectivity index (χ4v) is 2.94. The second-order valence-electron chi connectivity index (χ2n) is 7.76. The smallest absolute Gasteiger partial charge is 0.399 e. The average Bonchev–Trinajstić information content (AvgIpc) is 3.26. The first-order valence-corrected chi connectivity index (χ1v) is 8.60. The first kappa shape index (κ1) is 17.9. The fourth-order valence-electron chi connectivity index (χ4n) is 2.94. The summed E-state index contributed by atoms with van der Waals surface area (Å²) in [4.78, 5) is 0. The van der Waals surface area contributed by atoms with Crippen molar-refractivity contribution in [2.75, 3.05) is 13.2 Å². The molecule has 1 saturated heterocycles. The summed E-state index contributed by atoms with van der Waals surface area (Å²) in [7, 11) is -0.344. The summed E-state index contributed by atoms with van der Waals surface area (Å²) in [5.74, 6) is 0.331. The number of benzene rings is 1. The standard InChI is InChI=1S/C18H27BO5/c1-17(2)18(3,4)24-19(23-17)13-7-5-12(6-8-13)15-9-16(15)22-14(10-20)11-21/h5-8,14-16,20-21H,9-11H2,1-4H3/t15-,16+/m0/s1. The van der Waals surface area contributed by atoms with Crippen molar-refractivity contribution in [2.45, 2.75) is 63.4 Å². The highest BCUT2D eigenvalue weighted by Crippen LogP contribution is 2.44. The summed E-state index contributed by atoms with van der Waals surface area (Å²) in [6.45, 7) is 7.89. The first-order valence-electron chi connectivity index (χ1n) is 8.60.